The number of benzene rings is 1. The number of hydrogen-bond donors (Lipinski definition) is 3. The third kappa shape index (κ3) is 3.61. The van der Waals surface area contributed by atoms with Gasteiger partial charge in [0.2, 0.25) is 5.95 Å². The minimum atomic E-state index is -4.44. The number of aryl methyl sites for hydroxylation is 1. The fourth-order valence-electron chi connectivity index (χ4n) is 1.60. The van der Waals surface area contributed by atoms with E-state index >= 15 is 0 Å². The summed E-state index contributed by atoms with van der Waals surface area (Å²) in [5.41, 5.74) is 2.44. The van der Waals surface area contributed by atoms with Gasteiger partial charge in [-0.2, -0.15) is 18.2 Å². The van der Waals surface area contributed by atoms with Crippen LogP contribution >= 0.6 is 15.9 Å². The summed E-state index contributed by atoms with van der Waals surface area (Å²) in [5.74, 6) is 5.74. The van der Waals surface area contributed by atoms with Gasteiger partial charge in [-0.1, -0.05) is 15.9 Å². The molecule has 1 aromatic carbocycles. The number of hydrogen-bond acceptors (Lipinski definition) is 5. The van der Waals surface area contributed by atoms with Gasteiger partial charge in [-0.05, 0) is 25.1 Å². The van der Waals surface area contributed by atoms with Crippen LogP contribution in [0.15, 0.2) is 28.9 Å². The summed E-state index contributed by atoms with van der Waals surface area (Å²) in [6, 6.07) is 3.83. The molecule has 0 aliphatic heterocycles. The maximum Gasteiger partial charge on any atom is 0.417 e. The molecule has 0 saturated heterocycles. The predicted molar refractivity (Wildman–Crippen MR) is 77.0 cm³/mol. The zero-order valence-electron chi connectivity index (χ0n) is 10.8. The molecule has 0 aliphatic carbocycles. The highest BCUT2D eigenvalue weighted by molar-refractivity contribution is 9.10. The van der Waals surface area contributed by atoms with E-state index in [0.29, 0.717) is 11.4 Å². The van der Waals surface area contributed by atoms with Gasteiger partial charge in [-0.3, -0.25) is 5.43 Å². The van der Waals surface area contributed by atoms with Crippen molar-refractivity contribution in [1.29, 1.82) is 0 Å². The van der Waals surface area contributed by atoms with E-state index in [1.165, 1.54) is 18.3 Å². The molecule has 0 saturated carbocycles. The van der Waals surface area contributed by atoms with Crippen LogP contribution in [0.3, 0.4) is 0 Å². The van der Waals surface area contributed by atoms with Crippen LogP contribution in [0.1, 0.15) is 11.1 Å². The van der Waals surface area contributed by atoms with E-state index in [-0.39, 0.29) is 16.1 Å². The van der Waals surface area contributed by atoms with E-state index < -0.39 is 11.7 Å². The van der Waals surface area contributed by atoms with E-state index in [4.69, 9.17) is 5.84 Å². The van der Waals surface area contributed by atoms with Crippen molar-refractivity contribution in [2.75, 3.05) is 10.7 Å². The molecular weight excluding hydrogens is 351 g/mol. The minimum absolute atomic E-state index is 0.0238. The van der Waals surface area contributed by atoms with Gasteiger partial charge in [0, 0.05) is 21.9 Å². The second-order valence-electron chi connectivity index (χ2n) is 4.19. The number of nitrogens with two attached hydrogens (primary N) is 1. The van der Waals surface area contributed by atoms with Crippen molar-refractivity contribution in [2.24, 2.45) is 5.84 Å². The number of rotatable bonds is 3. The number of nitrogen functional groups attached to an aromatic ring is 1. The van der Waals surface area contributed by atoms with Crippen molar-refractivity contribution >= 4 is 33.4 Å². The molecule has 5 nitrogen and oxygen atoms in total. The molecule has 0 bridgehead atoms. The first-order chi connectivity index (χ1) is 9.81. The van der Waals surface area contributed by atoms with Crippen molar-refractivity contribution in [3.8, 4) is 0 Å². The van der Waals surface area contributed by atoms with Crippen molar-refractivity contribution in [2.45, 2.75) is 13.1 Å². The highest BCUT2D eigenvalue weighted by Crippen LogP contribution is 2.36. The summed E-state index contributed by atoms with van der Waals surface area (Å²) in [6.45, 7) is 1.73. The molecule has 0 amide bonds. The molecule has 0 spiro atoms. The lowest BCUT2D eigenvalue weighted by molar-refractivity contribution is -0.138. The molecular formula is C12H11BrF3N5. The van der Waals surface area contributed by atoms with Crippen LogP contribution in [-0.2, 0) is 6.18 Å². The molecule has 112 valence electrons. The SMILES string of the molecule is Cc1cnc(NN)nc1Nc1ccc(Br)c(C(F)(F)F)c1. The maximum absolute atomic E-state index is 12.9. The Morgan fingerprint density at radius 3 is 2.62 bits per heavy atom. The number of nitrogens with one attached hydrogen (secondary N) is 2. The number of anilines is 3. The molecule has 1 aromatic heterocycles. The van der Waals surface area contributed by atoms with E-state index in [2.05, 4.69) is 36.6 Å². The summed E-state index contributed by atoms with van der Waals surface area (Å²) in [5, 5.41) is 2.82. The topological polar surface area (TPSA) is 75.9 Å². The Kier molecular flexibility index (Phi) is 4.33. The smallest absolute Gasteiger partial charge is 0.340 e. The monoisotopic (exact) mass is 361 g/mol. The Morgan fingerprint density at radius 2 is 2.00 bits per heavy atom. The molecule has 4 N–H and O–H groups in total. The average Bonchev–Trinajstić information content (AvgIpc) is 2.42. The normalized spacial score (nSPS) is 11.3. The lowest BCUT2D eigenvalue weighted by atomic mass is 10.2. The molecule has 1 heterocycles. The molecule has 2 aromatic rings. The molecule has 21 heavy (non-hydrogen) atoms. The fourth-order valence-corrected chi connectivity index (χ4v) is 2.07. The van der Waals surface area contributed by atoms with Crippen molar-refractivity contribution < 1.29 is 13.2 Å². The number of aromatic nitrogens is 2. The summed E-state index contributed by atoms with van der Waals surface area (Å²) in [7, 11) is 0. The molecule has 2 rings (SSSR count). The van der Waals surface area contributed by atoms with Crippen LogP contribution in [0, 0.1) is 6.92 Å². The number of nitrogens with zero attached hydrogens (tertiary/aromatic N) is 2. The van der Waals surface area contributed by atoms with E-state index in [9.17, 15) is 13.2 Å². The van der Waals surface area contributed by atoms with Gasteiger partial charge in [0.05, 0.1) is 5.56 Å². The predicted octanol–water partition coefficient (Wildman–Crippen LogP) is 3.60. The Morgan fingerprint density at radius 1 is 1.29 bits per heavy atom. The third-order valence-corrected chi connectivity index (χ3v) is 3.33. The van der Waals surface area contributed by atoms with Crippen LogP contribution in [0.25, 0.3) is 0 Å². The quantitative estimate of drug-likeness (QED) is 0.575. The van der Waals surface area contributed by atoms with Crippen molar-refractivity contribution in [3.63, 3.8) is 0 Å². The zero-order valence-corrected chi connectivity index (χ0v) is 12.4. The average molecular weight is 362 g/mol. The van der Waals surface area contributed by atoms with Crippen LogP contribution in [0.4, 0.5) is 30.6 Å². The fraction of sp³-hybridized carbons (Fsp3) is 0.167. The number of hydrazine groups is 1. The Balaban J connectivity index is 2.36. The highest BCUT2D eigenvalue weighted by atomic mass is 79.9. The Bertz CT molecular complexity index is 660. The molecule has 0 atom stereocenters. The third-order valence-electron chi connectivity index (χ3n) is 2.64. The van der Waals surface area contributed by atoms with Crippen molar-refractivity contribution in [3.05, 3.63) is 40.0 Å². The molecule has 0 fully saturated rings. The first kappa shape index (κ1) is 15.5. The Hall–Kier alpha value is -1.87. The number of alkyl halides is 3. The van der Waals surface area contributed by atoms with E-state index in [1.807, 2.05) is 0 Å². The second-order valence-corrected chi connectivity index (χ2v) is 5.04. The van der Waals surface area contributed by atoms with Crippen LogP contribution < -0.4 is 16.6 Å². The number of halogens is 4. The first-order valence-electron chi connectivity index (χ1n) is 5.75. The summed E-state index contributed by atoms with van der Waals surface area (Å²) >= 11 is 2.89. The van der Waals surface area contributed by atoms with E-state index in [0.717, 1.165) is 6.07 Å². The van der Waals surface area contributed by atoms with Crippen LogP contribution in [0.2, 0.25) is 0 Å². The van der Waals surface area contributed by atoms with Gasteiger partial charge in [0.15, 0.2) is 0 Å². The molecule has 0 aliphatic rings. The van der Waals surface area contributed by atoms with Crippen molar-refractivity contribution in [1.82, 2.24) is 9.97 Å². The molecule has 9 heteroatoms. The van der Waals surface area contributed by atoms with Gasteiger partial charge in [-0.15, -0.1) is 0 Å². The molecule has 0 radical (unpaired) electrons. The lowest BCUT2D eigenvalue weighted by Gasteiger charge is -2.13. The standard InChI is InChI=1S/C12H11BrF3N5/c1-6-5-18-11(21-17)20-10(6)19-7-2-3-9(13)8(4-7)12(14,15)16/h2-5H,17H2,1H3,(H2,18,19,20,21). The second kappa shape index (κ2) is 5.86. The van der Waals surface area contributed by atoms with Gasteiger partial charge in [0.25, 0.3) is 0 Å². The Labute approximate surface area is 126 Å². The minimum Gasteiger partial charge on any atom is -0.340 e. The van der Waals surface area contributed by atoms with Crippen LogP contribution in [-0.4, -0.2) is 9.97 Å². The van der Waals surface area contributed by atoms with Gasteiger partial charge in [0.1, 0.15) is 5.82 Å². The first-order valence-corrected chi connectivity index (χ1v) is 6.54. The van der Waals surface area contributed by atoms with Gasteiger partial charge >= 0.3 is 6.18 Å². The largest absolute Gasteiger partial charge is 0.417 e. The molecule has 0 unspecified atom stereocenters. The summed E-state index contributed by atoms with van der Waals surface area (Å²) in [6.07, 6.45) is -2.94. The highest BCUT2D eigenvalue weighted by Gasteiger charge is 2.33. The maximum atomic E-state index is 12.9. The van der Waals surface area contributed by atoms with Gasteiger partial charge < -0.3 is 5.32 Å². The van der Waals surface area contributed by atoms with E-state index in [1.54, 1.807) is 6.92 Å². The lowest BCUT2D eigenvalue weighted by Crippen LogP contribution is -2.12. The summed E-state index contributed by atoms with van der Waals surface area (Å²) in [4.78, 5) is 7.94. The van der Waals surface area contributed by atoms with Gasteiger partial charge in [-0.25, -0.2) is 10.8 Å². The van der Waals surface area contributed by atoms with Crippen LogP contribution in [0.5, 0.6) is 0 Å². The zero-order chi connectivity index (χ0) is 15.6. The summed E-state index contributed by atoms with van der Waals surface area (Å²) < 4.78 is 38.5.